The van der Waals surface area contributed by atoms with Crippen LogP contribution in [-0.2, 0) is 25.4 Å². The molecule has 5 aliphatic heterocycles. The molecule has 3 saturated heterocycles. The molecule has 2 bridgehead atoms. The monoisotopic (exact) mass is 1040 g/mol. The number of rotatable bonds is 1. The predicted molar refractivity (Wildman–Crippen MR) is 219 cm³/mol. The standard InChI is InChI=1S/C14H13BrF2N2O.C14H15BrN2O.C7H14ClFN2.CH3F.2BF3.2FH/c1-13(2)6-14(16,17)12-18-10-5-8(15)3-4-9(10)11(20)19(12)7-13;1-14(2)6-5-12-16-11-7-9(15)3-4-10(11)13(18)17(12)8-14;8-7-10-1-4-11(9,5-2-10)6-3-10;1-2;2*2-1(3)4;;/h3-5H,6-7H2,1-2H3;3-4,7H,5-6,8H2,1-2H3;1-7H2;1H3;;;2*1H/q;;+2;;;;;/p-2/i;;;1D;;;;. The average molecular weight is 1040 g/mol. The Morgan fingerprint density at radius 1 is 0.770 bits per heavy atom. The Labute approximate surface area is 368 Å². The maximum atomic E-state index is 14.3. The van der Waals surface area contributed by atoms with Gasteiger partial charge in [-0.05, 0) is 58.1 Å². The number of halogens is 15. The van der Waals surface area contributed by atoms with Crippen LogP contribution in [-0.4, -0.2) is 95.8 Å². The molecule has 0 spiro atoms. The Bertz CT molecular complexity index is 2180. The zero-order chi connectivity index (χ0) is 45.4. The van der Waals surface area contributed by atoms with Crippen molar-refractivity contribution in [3.63, 3.8) is 0 Å². The molecule has 4 aromatic rings. The summed E-state index contributed by atoms with van der Waals surface area (Å²) in [6.45, 7) is 13.7. The smallest absolute Gasteiger partial charge is 0.762 e. The highest BCUT2D eigenvalue weighted by molar-refractivity contribution is 9.10. The molecule has 7 heterocycles. The van der Waals surface area contributed by atoms with Crippen LogP contribution in [0.4, 0.5) is 43.5 Å². The first-order chi connectivity index (χ1) is 27.7. The molecule has 0 N–H and O–H groups in total. The summed E-state index contributed by atoms with van der Waals surface area (Å²) in [5, 5.41) is 1.07. The second kappa shape index (κ2) is 22.7. The third-order valence-corrected chi connectivity index (χ3v) is 11.8. The van der Waals surface area contributed by atoms with Gasteiger partial charge < -0.3 is 9.41 Å². The van der Waals surface area contributed by atoms with Gasteiger partial charge in [0.25, 0.3) is 11.1 Å². The Kier molecular flexibility index (Phi) is 20.2. The molecule has 0 aliphatic carbocycles. The minimum atomic E-state index is -3.67. The van der Waals surface area contributed by atoms with E-state index in [2.05, 4.69) is 55.7 Å². The molecule has 0 saturated carbocycles. The lowest BCUT2D eigenvalue weighted by Gasteiger charge is -2.48. The van der Waals surface area contributed by atoms with Gasteiger partial charge in [0.2, 0.25) is 0 Å². The van der Waals surface area contributed by atoms with Crippen molar-refractivity contribution in [1.82, 2.24) is 19.1 Å². The van der Waals surface area contributed by atoms with Crippen LogP contribution in [0.5, 0.6) is 0 Å². The molecule has 342 valence electrons. The molecule has 61 heavy (non-hydrogen) atoms. The third-order valence-electron chi connectivity index (χ3n) is 10.3. The van der Waals surface area contributed by atoms with E-state index in [0.717, 1.165) is 63.9 Å². The van der Waals surface area contributed by atoms with Gasteiger partial charge in [0.1, 0.15) is 25.5 Å². The topological polar surface area (TPSA) is 69.8 Å². The average Bonchev–Trinajstić information content (AvgIpc) is 3.13. The highest BCUT2D eigenvalue weighted by Crippen LogP contribution is 2.44. The third kappa shape index (κ3) is 15.2. The van der Waals surface area contributed by atoms with Crippen molar-refractivity contribution in [3.05, 3.63) is 77.7 Å². The van der Waals surface area contributed by atoms with E-state index in [9.17, 15) is 53.1 Å². The molecule has 2 aromatic heterocycles. The number of quaternary nitrogens is 2. The van der Waals surface area contributed by atoms with Crippen molar-refractivity contribution >= 4 is 80.4 Å². The number of hydrogen-bond acceptors (Lipinski definition) is 4. The van der Waals surface area contributed by atoms with Crippen LogP contribution in [0.25, 0.3) is 21.8 Å². The molecular formula is C36H45B2Br2ClF12N6O2. The van der Waals surface area contributed by atoms with Crippen molar-refractivity contribution < 1.29 is 63.5 Å². The quantitative estimate of drug-likeness (QED) is 0.0726. The molecule has 0 amide bonds. The van der Waals surface area contributed by atoms with E-state index in [1.54, 1.807) is 32.0 Å². The van der Waals surface area contributed by atoms with E-state index in [4.69, 9.17) is 13.0 Å². The van der Waals surface area contributed by atoms with Crippen LogP contribution < -0.4 is 20.5 Å². The van der Waals surface area contributed by atoms with Crippen molar-refractivity contribution in [2.75, 3.05) is 52.4 Å². The molecule has 5 aliphatic rings. The summed E-state index contributed by atoms with van der Waals surface area (Å²) in [7, 11) is -8.33. The van der Waals surface area contributed by atoms with Crippen LogP contribution in [0.2, 0.25) is 0 Å². The molecule has 3 fully saturated rings. The fourth-order valence-corrected chi connectivity index (χ4v) is 8.42. The Morgan fingerprint density at radius 2 is 1.18 bits per heavy atom. The fourth-order valence-electron chi connectivity index (χ4n) is 7.36. The van der Waals surface area contributed by atoms with E-state index < -0.39 is 45.0 Å². The molecule has 9 rings (SSSR count). The second-order valence-electron chi connectivity index (χ2n) is 16.1. The van der Waals surface area contributed by atoms with Crippen LogP contribution >= 0.6 is 43.5 Å². The van der Waals surface area contributed by atoms with Gasteiger partial charge in [-0.1, -0.05) is 71.2 Å². The summed E-state index contributed by atoms with van der Waals surface area (Å²) >= 11 is 12.5. The number of benzene rings is 2. The minimum absolute atomic E-state index is 0. The van der Waals surface area contributed by atoms with Gasteiger partial charge in [0.15, 0.2) is 31.5 Å². The van der Waals surface area contributed by atoms with Gasteiger partial charge in [-0.2, -0.15) is 8.78 Å². The Hall–Kier alpha value is -2.82. The van der Waals surface area contributed by atoms with Crippen molar-refractivity contribution in [2.24, 2.45) is 10.8 Å². The molecule has 25 heteroatoms. The van der Waals surface area contributed by atoms with Crippen LogP contribution in [0.1, 0.15) is 53.6 Å². The SMILES string of the molecule is CC1(C)CCc2nc3cc(Br)ccc3c(=O)n2C1.CC1(C)Cn2c(nc3cc(Br)ccc3c2=O)C(F)(F)C1.FB(F)F.FB(F)F.F[N+]12CC[N+](CCl)(CC1)CC2.[2H]CF.[F-].[F-]. The maximum Gasteiger partial charge on any atom is 0.762 e. The largest absolute Gasteiger partial charge is 1.00 e. The van der Waals surface area contributed by atoms with E-state index in [1.165, 1.54) is 0 Å². The van der Waals surface area contributed by atoms with Crippen molar-refractivity contribution in [2.45, 2.75) is 66.0 Å². The lowest BCUT2D eigenvalue weighted by molar-refractivity contribution is -1.15. The van der Waals surface area contributed by atoms with E-state index in [-0.39, 0.29) is 38.1 Å². The molecule has 0 atom stereocenters. The number of nitrogens with zero attached hydrogens (tertiary/aromatic N) is 6. The maximum absolute atomic E-state index is 14.3. The van der Waals surface area contributed by atoms with Gasteiger partial charge in [-0.25, -0.2) is 9.97 Å². The van der Waals surface area contributed by atoms with E-state index in [1.807, 2.05) is 22.8 Å². The molecule has 0 unspecified atom stereocenters. The highest BCUT2D eigenvalue weighted by Gasteiger charge is 2.50. The molecule has 0 radical (unpaired) electrons. The summed E-state index contributed by atoms with van der Waals surface area (Å²) in [6, 6.07) is 11.2. The Balaban J connectivity index is 0.000000419. The number of alkyl halides is 4. The number of hydrogen-bond donors (Lipinski definition) is 0. The predicted octanol–water partition coefficient (Wildman–Crippen LogP) is 3.89. The summed E-state index contributed by atoms with van der Waals surface area (Å²) in [5.41, 5.74) is 0.336. The van der Waals surface area contributed by atoms with Crippen LogP contribution in [0.3, 0.4) is 0 Å². The van der Waals surface area contributed by atoms with Crippen molar-refractivity contribution in [3.8, 4) is 0 Å². The normalized spacial score (nSPS) is 21.9. The Morgan fingerprint density at radius 3 is 1.62 bits per heavy atom. The summed E-state index contributed by atoms with van der Waals surface area (Å²) in [5.74, 6) is -2.59. The highest BCUT2D eigenvalue weighted by atomic mass is 79.9. The van der Waals surface area contributed by atoms with E-state index >= 15 is 0 Å². The van der Waals surface area contributed by atoms with Gasteiger partial charge in [-0.15, -0.1) is 4.71 Å². The van der Waals surface area contributed by atoms with Gasteiger partial charge in [0.05, 0.1) is 30.3 Å². The first-order valence-corrected chi connectivity index (χ1v) is 20.3. The van der Waals surface area contributed by atoms with Gasteiger partial charge >= 0.3 is 21.0 Å². The lowest BCUT2D eigenvalue weighted by Crippen LogP contribution is -3.00. The summed E-state index contributed by atoms with van der Waals surface area (Å²) in [6.07, 6.45) is 1.66. The summed E-state index contributed by atoms with van der Waals surface area (Å²) < 4.78 is 121. The fraction of sp³-hybridized carbons (Fsp3) is 0.556. The number of piperazine rings is 3. The molecule has 8 nitrogen and oxygen atoms in total. The van der Waals surface area contributed by atoms with Crippen molar-refractivity contribution in [1.29, 1.82) is 0 Å². The van der Waals surface area contributed by atoms with Gasteiger partial charge in [-0.3, -0.25) is 53.5 Å². The molecular weight excluding hydrogens is 993 g/mol. The lowest BCUT2D eigenvalue weighted by atomic mass is 9.83. The zero-order valence-electron chi connectivity index (χ0n) is 34.5. The minimum Gasteiger partial charge on any atom is -1.00 e. The number of aryl methyl sites for hydroxylation is 1. The van der Waals surface area contributed by atoms with Crippen LogP contribution in [0, 0.1) is 10.8 Å². The number of aromatic nitrogens is 4. The van der Waals surface area contributed by atoms with E-state index in [0.29, 0.717) is 46.4 Å². The molecule has 2 aromatic carbocycles. The summed E-state index contributed by atoms with van der Waals surface area (Å²) in [4.78, 5) is 33.6. The number of fused-ring (bicyclic) bond motifs is 7. The first-order valence-electron chi connectivity index (χ1n) is 18.9. The van der Waals surface area contributed by atoms with Crippen LogP contribution in [0.15, 0.2) is 54.9 Å². The second-order valence-corrected chi connectivity index (χ2v) is 18.2. The van der Waals surface area contributed by atoms with Gasteiger partial charge in [0, 0.05) is 34.9 Å². The zero-order valence-corrected chi connectivity index (χ0v) is 37.4. The first kappa shape index (κ1) is 54.3.